The summed E-state index contributed by atoms with van der Waals surface area (Å²) in [6.45, 7) is 3.77. The topological polar surface area (TPSA) is 97.7 Å². The van der Waals surface area contributed by atoms with Gasteiger partial charge in [0.05, 0.1) is 7.11 Å². The molecule has 0 heterocycles. The molecule has 0 bridgehead atoms. The molecule has 3 aliphatic carbocycles. The van der Waals surface area contributed by atoms with E-state index in [0.29, 0.717) is 30.4 Å². The zero-order chi connectivity index (χ0) is 23.0. The molecule has 0 aliphatic heterocycles. The van der Waals surface area contributed by atoms with Gasteiger partial charge in [-0.1, -0.05) is 37.3 Å². The van der Waals surface area contributed by atoms with Crippen LogP contribution in [0.15, 0.2) is 30.3 Å². The summed E-state index contributed by atoms with van der Waals surface area (Å²) in [5, 5.41) is 7.42. The second kappa shape index (κ2) is 11.2. The Kier molecular flexibility index (Phi) is 8.96. The van der Waals surface area contributed by atoms with Gasteiger partial charge in [0.25, 0.3) is 12.4 Å². The van der Waals surface area contributed by atoms with Crippen LogP contribution in [0.5, 0.6) is 0 Å². The summed E-state index contributed by atoms with van der Waals surface area (Å²) in [5.74, 6) is 0.890. The molecule has 5 atom stereocenters. The number of hydrogen-bond acceptors (Lipinski definition) is 5. The van der Waals surface area contributed by atoms with Crippen molar-refractivity contribution in [1.82, 2.24) is 0 Å². The Balaban J connectivity index is 0.000000497. The van der Waals surface area contributed by atoms with Crippen molar-refractivity contribution in [3.05, 3.63) is 35.9 Å². The third-order valence-corrected chi connectivity index (χ3v) is 7.03. The number of ether oxygens (including phenoxy) is 1. The van der Waals surface area contributed by atoms with E-state index in [9.17, 15) is 9.59 Å². The molecular weight excluding hydrogens is 396 g/mol. The van der Waals surface area contributed by atoms with Gasteiger partial charge < -0.3 is 9.84 Å². The van der Waals surface area contributed by atoms with Gasteiger partial charge in [-0.25, -0.2) is 0 Å². The van der Waals surface area contributed by atoms with E-state index in [4.69, 9.17) is 14.7 Å². The van der Waals surface area contributed by atoms with Gasteiger partial charge in [0.15, 0.2) is 0 Å². The normalized spacial score (nSPS) is 31.5. The Hall–Kier alpha value is -2.50. The summed E-state index contributed by atoms with van der Waals surface area (Å²) in [7, 11) is 1.31. The molecule has 1 N–H and O–H groups in total. The Morgan fingerprint density at radius 2 is 1.81 bits per heavy atom. The highest BCUT2D eigenvalue weighted by Gasteiger charge is 2.54. The first-order chi connectivity index (χ1) is 14.7. The molecule has 0 radical (unpaired) electrons. The SMILES string of the molecule is CC(=O)O.COC=O.C[C@]12CCCC(=O)[C@@H]1C1C[C@@H](c3ccccc3)CC(=O)[C@@H]1CC2.[HH]. The fourth-order valence-electron chi connectivity index (χ4n) is 5.82. The third-order valence-electron chi connectivity index (χ3n) is 7.03. The molecule has 3 saturated carbocycles. The molecule has 1 aromatic rings. The summed E-state index contributed by atoms with van der Waals surface area (Å²) < 4.78 is 3.86. The summed E-state index contributed by atoms with van der Waals surface area (Å²) in [4.78, 5) is 43.5. The molecule has 3 fully saturated rings. The van der Waals surface area contributed by atoms with Crippen LogP contribution in [-0.4, -0.2) is 36.2 Å². The van der Waals surface area contributed by atoms with Crippen LogP contribution in [0, 0.1) is 23.2 Å². The van der Waals surface area contributed by atoms with Crippen molar-refractivity contribution in [2.24, 2.45) is 23.2 Å². The molecule has 1 aromatic carbocycles. The van der Waals surface area contributed by atoms with Crippen molar-refractivity contribution in [2.45, 2.75) is 64.7 Å². The number of carboxylic acids is 1. The molecule has 1 unspecified atom stereocenters. The Bertz CT molecular complexity index is 776. The summed E-state index contributed by atoms with van der Waals surface area (Å²) in [5.41, 5.74) is 1.42. The lowest BCUT2D eigenvalue weighted by Crippen LogP contribution is -2.51. The number of carbonyl (C=O) groups excluding carboxylic acids is 3. The molecule has 31 heavy (non-hydrogen) atoms. The Labute approximate surface area is 185 Å². The van der Waals surface area contributed by atoms with Crippen molar-refractivity contribution in [3.8, 4) is 0 Å². The maximum atomic E-state index is 12.8. The quantitative estimate of drug-likeness (QED) is 0.683. The summed E-state index contributed by atoms with van der Waals surface area (Å²) >= 11 is 0. The second-order valence-corrected chi connectivity index (χ2v) is 9.13. The van der Waals surface area contributed by atoms with Crippen LogP contribution >= 0.6 is 0 Å². The highest BCUT2D eigenvalue weighted by atomic mass is 16.5. The first kappa shape index (κ1) is 24.8. The van der Waals surface area contributed by atoms with Crippen LogP contribution in [0.3, 0.4) is 0 Å². The summed E-state index contributed by atoms with van der Waals surface area (Å²) in [6.07, 6.45) is 6.69. The molecule has 0 saturated heterocycles. The van der Waals surface area contributed by atoms with E-state index in [1.54, 1.807) is 0 Å². The van der Waals surface area contributed by atoms with Gasteiger partial charge >= 0.3 is 0 Å². The number of methoxy groups -OCH3 is 1. The van der Waals surface area contributed by atoms with E-state index in [-0.39, 0.29) is 24.6 Å². The second-order valence-electron chi connectivity index (χ2n) is 9.13. The zero-order valence-corrected chi connectivity index (χ0v) is 18.7. The van der Waals surface area contributed by atoms with Crippen molar-refractivity contribution < 1.29 is 30.4 Å². The van der Waals surface area contributed by atoms with Crippen LogP contribution in [0.25, 0.3) is 0 Å². The zero-order valence-electron chi connectivity index (χ0n) is 18.7. The van der Waals surface area contributed by atoms with Crippen LogP contribution in [-0.2, 0) is 23.9 Å². The van der Waals surface area contributed by atoms with Crippen LogP contribution in [0.1, 0.15) is 71.7 Å². The number of aliphatic carboxylic acids is 1. The number of ketones is 2. The predicted molar refractivity (Wildman–Crippen MR) is 119 cm³/mol. The molecular formula is C25H36O6. The summed E-state index contributed by atoms with van der Waals surface area (Å²) in [6, 6.07) is 10.4. The number of hydrogen-bond donors (Lipinski definition) is 1. The Morgan fingerprint density at radius 1 is 1.19 bits per heavy atom. The number of fused-ring (bicyclic) bond motifs is 3. The molecule has 0 spiro atoms. The van der Waals surface area contributed by atoms with E-state index in [1.165, 1.54) is 12.7 Å². The molecule has 4 rings (SSSR count). The lowest BCUT2D eigenvalue weighted by atomic mass is 9.50. The molecule has 6 heteroatoms. The number of carbonyl (C=O) groups is 4. The van der Waals surface area contributed by atoms with Crippen LogP contribution < -0.4 is 0 Å². The van der Waals surface area contributed by atoms with Gasteiger partial charge in [-0.2, -0.15) is 0 Å². The van der Waals surface area contributed by atoms with Gasteiger partial charge in [0, 0.05) is 33.0 Å². The largest absolute Gasteiger partial charge is 0.481 e. The number of rotatable bonds is 2. The van der Waals surface area contributed by atoms with Crippen molar-refractivity contribution in [2.75, 3.05) is 7.11 Å². The third kappa shape index (κ3) is 6.25. The molecule has 0 amide bonds. The van der Waals surface area contributed by atoms with Crippen LogP contribution in [0.4, 0.5) is 0 Å². The van der Waals surface area contributed by atoms with E-state index in [1.807, 2.05) is 6.07 Å². The van der Waals surface area contributed by atoms with Crippen molar-refractivity contribution in [1.29, 1.82) is 0 Å². The highest BCUT2D eigenvalue weighted by Crippen LogP contribution is 2.57. The minimum absolute atomic E-state index is 0. The Morgan fingerprint density at radius 3 is 2.39 bits per heavy atom. The van der Waals surface area contributed by atoms with Crippen molar-refractivity contribution in [3.63, 3.8) is 0 Å². The van der Waals surface area contributed by atoms with E-state index in [2.05, 4.69) is 35.9 Å². The number of benzene rings is 1. The van der Waals surface area contributed by atoms with Gasteiger partial charge in [-0.3, -0.25) is 19.2 Å². The van der Waals surface area contributed by atoms with E-state index in [0.717, 1.165) is 45.4 Å². The lowest BCUT2D eigenvalue weighted by molar-refractivity contribution is -0.147. The minimum Gasteiger partial charge on any atom is -0.481 e. The fourth-order valence-corrected chi connectivity index (χ4v) is 5.82. The first-order valence-electron chi connectivity index (χ1n) is 11.0. The number of carboxylic acid groups (broad SMARTS) is 1. The van der Waals surface area contributed by atoms with E-state index < -0.39 is 5.97 Å². The fraction of sp³-hybridized carbons (Fsp3) is 0.600. The predicted octanol–water partition coefficient (Wildman–Crippen LogP) is 4.66. The monoisotopic (exact) mass is 432 g/mol. The highest BCUT2D eigenvalue weighted by molar-refractivity contribution is 5.87. The van der Waals surface area contributed by atoms with Gasteiger partial charge in [0.2, 0.25) is 0 Å². The molecule has 0 aromatic heterocycles. The number of Topliss-reactive ketones (excluding diaryl/α,β-unsaturated/α-hetero) is 2. The average molecular weight is 433 g/mol. The van der Waals surface area contributed by atoms with Crippen molar-refractivity contribution >= 4 is 24.0 Å². The van der Waals surface area contributed by atoms with Crippen LogP contribution in [0.2, 0.25) is 0 Å². The molecule has 3 aliphatic rings. The lowest BCUT2D eigenvalue weighted by Gasteiger charge is -2.53. The van der Waals surface area contributed by atoms with Gasteiger partial charge in [-0.15, -0.1) is 0 Å². The molecule has 6 nitrogen and oxygen atoms in total. The molecule has 172 valence electrons. The maximum absolute atomic E-state index is 12.8. The standard InChI is InChI=1S/C21H26O2.2C2H4O2.H2/c1-21-10-5-8-18(22)20(21)17-12-15(14-6-3-2-4-7-14)13-19(23)16(17)9-11-21;1-4-2-3;1-2(3)4;/h2-4,6-7,15-17,20H,5,8-13H2,1H3;2H,1H3;1H3,(H,3,4);1H/t15-,16-,17?,20+,21-;;;/m1.../s1. The van der Waals surface area contributed by atoms with Gasteiger partial charge in [-0.05, 0) is 54.9 Å². The van der Waals surface area contributed by atoms with E-state index >= 15 is 0 Å². The maximum Gasteiger partial charge on any atom is 0.300 e. The average Bonchev–Trinajstić information content (AvgIpc) is 2.73. The minimum atomic E-state index is -0.833. The smallest absolute Gasteiger partial charge is 0.300 e. The van der Waals surface area contributed by atoms with Gasteiger partial charge in [0.1, 0.15) is 11.6 Å². The first-order valence-corrected chi connectivity index (χ1v) is 11.0.